The molecule has 0 aliphatic carbocycles. The van der Waals surface area contributed by atoms with Crippen molar-refractivity contribution in [3.05, 3.63) is 17.8 Å². The van der Waals surface area contributed by atoms with Crippen molar-refractivity contribution in [3.63, 3.8) is 0 Å². The molecule has 18 heavy (non-hydrogen) atoms. The van der Waals surface area contributed by atoms with Crippen molar-refractivity contribution in [3.8, 4) is 0 Å². The Kier molecular flexibility index (Phi) is 3.79. The monoisotopic (exact) mass is 249 g/mol. The van der Waals surface area contributed by atoms with E-state index < -0.39 is 5.97 Å². The van der Waals surface area contributed by atoms with E-state index in [1.54, 1.807) is 6.07 Å². The first-order chi connectivity index (χ1) is 8.58. The molecule has 0 atom stereocenters. The van der Waals surface area contributed by atoms with E-state index in [2.05, 4.69) is 28.9 Å². The summed E-state index contributed by atoms with van der Waals surface area (Å²) in [5, 5.41) is 16.5. The summed E-state index contributed by atoms with van der Waals surface area (Å²) in [6, 6.07) is 3.26. The highest BCUT2D eigenvalue weighted by molar-refractivity contribution is 5.85. The molecule has 5 heteroatoms. The molecule has 1 aromatic heterocycles. The SMILES string of the molecule is CC(C)C1CCN(c2ccc(C(=O)O)nn2)CC1. The van der Waals surface area contributed by atoms with Gasteiger partial charge < -0.3 is 10.0 Å². The van der Waals surface area contributed by atoms with Gasteiger partial charge in [-0.15, -0.1) is 10.2 Å². The second kappa shape index (κ2) is 5.33. The van der Waals surface area contributed by atoms with Crippen molar-refractivity contribution in [1.29, 1.82) is 0 Å². The summed E-state index contributed by atoms with van der Waals surface area (Å²) in [5.41, 5.74) is -0.00387. The molecule has 0 unspecified atom stereocenters. The van der Waals surface area contributed by atoms with Gasteiger partial charge in [-0.25, -0.2) is 4.79 Å². The Morgan fingerprint density at radius 2 is 2.00 bits per heavy atom. The van der Waals surface area contributed by atoms with Crippen LogP contribution in [-0.4, -0.2) is 34.4 Å². The van der Waals surface area contributed by atoms with Gasteiger partial charge in [-0.05, 0) is 36.8 Å². The molecular weight excluding hydrogens is 230 g/mol. The third-order valence-electron chi connectivity index (χ3n) is 3.68. The molecule has 0 spiro atoms. The van der Waals surface area contributed by atoms with Crippen molar-refractivity contribution in [1.82, 2.24) is 10.2 Å². The summed E-state index contributed by atoms with van der Waals surface area (Å²) in [5.74, 6) is 1.26. The van der Waals surface area contributed by atoms with Gasteiger partial charge >= 0.3 is 5.97 Å². The zero-order valence-electron chi connectivity index (χ0n) is 10.8. The molecule has 1 fully saturated rings. The zero-order chi connectivity index (χ0) is 13.1. The number of nitrogens with zero attached hydrogens (tertiary/aromatic N) is 3. The largest absolute Gasteiger partial charge is 0.476 e. The maximum Gasteiger partial charge on any atom is 0.356 e. The van der Waals surface area contributed by atoms with E-state index in [9.17, 15) is 4.79 Å². The molecule has 0 radical (unpaired) electrons. The minimum atomic E-state index is -1.03. The van der Waals surface area contributed by atoms with Crippen molar-refractivity contribution in [2.75, 3.05) is 18.0 Å². The Labute approximate surface area is 107 Å². The first-order valence-corrected chi connectivity index (χ1v) is 6.40. The van der Waals surface area contributed by atoms with E-state index in [1.807, 2.05) is 0 Å². The van der Waals surface area contributed by atoms with Crippen LogP contribution in [0.25, 0.3) is 0 Å². The van der Waals surface area contributed by atoms with Gasteiger partial charge in [0.1, 0.15) is 0 Å². The van der Waals surface area contributed by atoms with Crippen LogP contribution in [-0.2, 0) is 0 Å². The third-order valence-corrected chi connectivity index (χ3v) is 3.68. The van der Waals surface area contributed by atoms with Crippen molar-refractivity contribution in [2.45, 2.75) is 26.7 Å². The van der Waals surface area contributed by atoms with E-state index in [4.69, 9.17) is 5.11 Å². The number of aromatic carboxylic acids is 1. The van der Waals surface area contributed by atoms with Crippen molar-refractivity contribution >= 4 is 11.8 Å². The third kappa shape index (κ3) is 2.78. The number of carboxylic acids is 1. The number of piperidine rings is 1. The van der Waals surface area contributed by atoms with E-state index in [0.29, 0.717) is 0 Å². The Morgan fingerprint density at radius 3 is 2.44 bits per heavy atom. The molecule has 0 aromatic carbocycles. The number of carbonyl (C=O) groups is 1. The van der Waals surface area contributed by atoms with Crippen LogP contribution in [0.5, 0.6) is 0 Å². The molecule has 1 aliphatic heterocycles. The highest BCUT2D eigenvalue weighted by atomic mass is 16.4. The fraction of sp³-hybridized carbons (Fsp3) is 0.615. The second-order valence-electron chi connectivity index (χ2n) is 5.15. The molecule has 0 saturated carbocycles. The smallest absolute Gasteiger partial charge is 0.356 e. The van der Waals surface area contributed by atoms with Gasteiger partial charge in [-0.2, -0.15) is 0 Å². The molecule has 5 nitrogen and oxygen atoms in total. The Morgan fingerprint density at radius 1 is 1.33 bits per heavy atom. The van der Waals surface area contributed by atoms with E-state index in [-0.39, 0.29) is 5.69 Å². The van der Waals surface area contributed by atoms with Crippen LogP contribution in [0, 0.1) is 11.8 Å². The molecule has 2 rings (SSSR count). The minimum Gasteiger partial charge on any atom is -0.476 e. The molecule has 1 N–H and O–H groups in total. The number of hydrogen-bond donors (Lipinski definition) is 1. The summed E-state index contributed by atoms with van der Waals surface area (Å²) in [6.45, 7) is 6.48. The summed E-state index contributed by atoms with van der Waals surface area (Å²) in [6.07, 6.45) is 2.33. The van der Waals surface area contributed by atoms with Crippen LogP contribution in [0.15, 0.2) is 12.1 Å². The first kappa shape index (κ1) is 12.8. The average Bonchev–Trinajstić information content (AvgIpc) is 2.39. The predicted molar refractivity (Wildman–Crippen MR) is 68.8 cm³/mol. The molecule has 98 valence electrons. The normalized spacial score (nSPS) is 17.2. The first-order valence-electron chi connectivity index (χ1n) is 6.40. The number of hydrogen-bond acceptors (Lipinski definition) is 4. The number of rotatable bonds is 3. The second-order valence-corrected chi connectivity index (χ2v) is 5.15. The average molecular weight is 249 g/mol. The van der Waals surface area contributed by atoms with Crippen LogP contribution >= 0.6 is 0 Å². The molecule has 1 saturated heterocycles. The quantitative estimate of drug-likeness (QED) is 0.888. The lowest BCUT2D eigenvalue weighted by atomic mass is 9.87. The fourth-order valence-electron chi connectivity index (χ4n) is 2.40. The highest BCUT2D eigenvalue weighted by Gasteiger charge is 2.22. The fourth-order valence-corrected chi connectivity index (χ4v) is 2.40. The summed E-state index contributed by atoms with van der Waals surface area (Å²) < 4.78 is 0. The molecular formula is C13H19N3O2. The van der Waals surface area contributed by atoms with Gasteiger partial charge in [0.05, 0.1) is 0 Å². The van der Waals surface area contributed by atoms with Crippen LogP contribution in [0.4, 0.5) is 5.82 Å². The summed E-state index contributed by atoms with van der Waals surface area (Å²) in [7, 11) is 0. The van der Waals surface area contributed by atoms with Gasteiger partial charge in [-0.1, -0.05) is 13.8 Å². The van der Waals surface area contributed by atoms with Gasteiger partial charge in [-0.3, -0.25) is 0 Å². The lowest BCUT2D eigenvalue weighted by molar-refractivity contribution is 0.0689. The van der Waals surface area contributed by atoms with Gasteiger partial charge in [0, 0.05) is 13.1 Å². The minimum absolute atomic E-state index is 0.00387. The van der Waals surface area contributed by atoms with Gasteiger partial charge in [0.2, 0.25) is 0 Å². The van der Waals surface area contributed by atoms with Crippen LogP contribution in [0.1, 0.15) is 37.2 Å². The van der Waals surface area contributed by atoms with Gasteiger partial charge in [0.15, 0.2) is 11.5 Å². The Bertz CT molecular complexity index is 409. The Hall–Kier alpha value is -1.65. The predicted octanol–water partition coefficient (Wildman–Crippen LogP) is 2.05. The zero-order valence-corrected chi connectivity index (χ0v) is 10.8. The summed E-state index contributed by atoms with van der Waals surface area (Å²) in [4.78, 5) is 12.9. The number of aromatic nitrogens is 2. The van der Waals surface area contributed by atoms with Crippen molar-refractivity contribution in [2.24, 2.45) is 11.8 Å². The lowest BCUT2D eigenvalue weighted by Gasteiger charge is -2.34. The molecule has 0 amide bonds. The van der Waals surface area contributed by atoms with E-state index in [1.165, 1.54) is 18.9 Å². The topological polar surface area (TPSA) is 66.3 Å². The molecule has 0 bridgehead atoms. The maximum atomic E-state index is 10.7. The Balaban J connectivity index is 1.99. The van der Waals surface area contributed by atoms with Crippen molar-refractivity contribution < 1.29 is 9.90 Å². The highest BCUT2D eigenvalue weighted by Crippen LogP contribution is 2.26. The van der Waals surface area contributed by atoms with Crippen LogP contribution in [0.3, 0.4) is 0 Å². The standard InChI is InChI=1S/C13H19N3O2/c1-9(2)10-5-7-16(8-6-10)12-4-3-11(13(17)18)14-15-12/h3-4,9-10H,5-8H2,1-2H3,(H,17,18). The number of carboxylic acid groups (broad SMARTS) is 1. The van der Waals surface area contributed by atoms with E-state index in [0.717, 1.165) is 30.7 Å². The summed E-state index contributed by atoms with van der Waals surface area (Å²) >= 11 is 0. The molecule has 1 aliphatic rings. The maximum absolute atomic E-state index is 10.7. The van der Waals surface area contributed by atoms with Gasteiger partial charge in [0.25, 0.3) is 0 Å². The molecule has 2 heterocycles. The van der Waals surface area contributed by atoms with Crippen LogP contribution < -0.4 is 4.90 Å². The van der Waals surface area contributed by atoms with E-state index >= 15 is 0 Å². The lowest BCUT2D eigenvalue weighted by Crippen LogP contribution is -2.35. The molecule has 1 aromatic rings. The number of anilines is 1. The van der Waals surface area contributed by atoms with Crippen LogP contribution in [0.2, 0.25) is 0 Å².